The normalized spacial score (nSPS) is 14.3. The Balaban J connectivity index is 1.60. The Labute approximate surface area is 137 Å². The summed E-state index contributed by atoms with van der Waals surface area (Å²) in [5.41, 5.74) is 8.35. The summed E-state index contributed by atoms with van der Waals surface area (Å²) in [5, 5.41) is 0. The van der Waals surface area contributed by atoms with Crippen LogP contribution in [0.5, 0.6) is 17.2 Å². The molecule has 4 nitrogen and oxygen atoms in total. The molecule has 4 heteroatoms. The minimum Gasteiger partial charge on any atom is -0.494 e. The van der Waals surface area contributed by atoms with Crippen LogP contribution in [0.1, 0.15) is 23.5 Å². The Morgan fingerprint density at radius 3 is 2.52 bits per heavy atom. The molecule has 0 fully saturated rings. The van der Waals surface area contributed by atoms with Crippen LogP contribution in [0.3, 0.4) is 0 Å². The molecule has 0 aromatic heterocycles. The molecule has 2 N–H and O–H groups in total. The molecule has 2 aromatic rings. The lowest BCUT2D eigenvalue weighted by atomic mass is 9.95. The van der Waals surface area contributed by atoms with Crippen LogP contribution >= 0.6 is 0 Å². The largest absolute Gasteiger partial charge is 0.494 e. The molecule has 2 aromatic carbocycles. The highest BCUT2D eigenvalue weighted by Gasteiger charge is 2.16. The van der Waals surface area contributed by atoms with Gasteiger partial charge in [-0.1, -0.05) is 23.8 Å². The standard InChI is InChI=1S/C19H23NO3/c1-14-2-5-17(6-3-14)21-9-8-16(13-20)15-4-7-18-19(12-15)23-11-10-22-18/h2-7,12,16H,8-11,13,20H2,1H3. The zero-order valence-electron chi connectivity index (χ0n) is 13.5. The number of hydrogen-bond donors (Lipinski definition) is 1. The van der Waals surface area contributed by atoms with E-state index >= 15 is 0 Å². The summed E-state index contributed by atoms with van der Waals surface area (Å²) >= 11 is 0. The minimum absolute atomic E-state index is 0.247. The molecule has 0 spiro atoms. The number of fused-ring (bicyclic) bond motifs is 1. The first kappa shape index (κ1) is 15.7. The van der Waals surface area contributed by atoms with Crippen molar-refractivity contribution in [3.63, 3.8) is 0 Å². The Kier molecular flexibility index (Phi) is 5.03. The van der Waals surface area contributed by atoms with Crippen LogP contribution < -0.4 is 19.9 Å². The lowest BCUT2D eigenvalue weighted by Crippen LogP contribution is -2.18. The van der Waals surface area contributed by atoms with E-state index in [9.17, 15) is 0 Å². The number of benzene rings is 2. The predicted molar refractivity (Wildman–Crippen MR) is 90.5 cm³/mol. The number of rotatable bonds is 6. The van der Waals surface area contributed by atoms with Gasteiger partial charge in [-0.05, 0) is 55.6 Å². The average molecular weight is 313 g/mol. The van der Waals surface area contributed by atoms with E-state index in [1.54, 1.807) is 0 Å². The molecule has 3 rings (SSSR count). The van der Waals surface area contributed by atoms with Crippen molar-refractivity contribution in [3.05, 3.63) is 53.6 Å². The van der Waals surface area contributed by atoms with Crippen molar-refractivity contribution in [1.82, 2.24) is 0 Å². The van der Waals surface area contributed by atoms with E-state index in [-0.39, 0.29) is 5.92 Å². The summed E-state index contributed by atoms with van der Waals surface area (Å²) < 4.78 is 17.0. The van der Waals surface area contributed by atoms with Crippen LogP contribution in [0.2, 0.25) is 0 Å². The van der Waals surface area contributed by atoms with Crippen molar-refractivity contribution in [2.45, 2.75) is 19.3 Å². The molecule has 0 saturated carbocycles. The van der Waals surface area contributed by atoms with Gasteiger partial charge in [0.05, 0.1) is 6.61 Å². The number of nitrogens with two attached hydrogens (primary N) is 1. The number of hydrogen-bond acceptors (Lipinski definition) is 4. The van der Waals surface area contributed by atoms with Gasteiger partial charge in [-0.3, -0.25) is 0 Å². The van der Waals surface area contributed by atoms with E-state index in [4.69, 9.17) is 19.9 Å². The molecule has 1 heterocycles. The Morgan fingerprint density at radius 2 is 1.78 bits per heavy atom. The van der Waals surface area contributed by atoms with Crippen LogP contribution in [-0.2, 0) is 0 Å². The van der Waals surface area contributed by atoms with E-state index in [2.05, 4.69) is 25.1 Å². The molecule has 0 radical (unpaired) electrons. The highest BCUT2D eigenvalue weighted by Crippen LogP contribution is 2.33. The Hall–Kier alpha value is -2.20. The lowest BCUT2D eigenvalue weighted by molar-refractivity contribution is 0.171. The van der Waals surface area contributed by atoms with Crippen molar-refractivity contribution in [2.75, 3.05) is 26.4 Å². The van der Waals surface area contributed by atoms with E-state index < -0.39 is 0 Å². The quantitative estimate of drug-likeness (QED) is 0.889. The van der Waals surface area contributed by atoms with Gasteiger partial charge >= 0.3 is 0 Å². The molecule has 23 heavy (non-hydrogen) atoms. The third-order valence-electron chi connectivity index (χ3n) is 4.08. The first-order valence-electron chi connectivity index (χ1n) is 8.05. The smallest absolute Gasteiger partial charge is 0.161 e. The zero-order valence-corrected chi connectivity index (χ0v) is 13.5. The second-order valence-corrected chi connectivity index (χ2v) is 5.79. The maximum atomic E-state index is 5.95. The van der Waals surface area contributed by atoms with Gasteiger partial charge in [0.1, 0.15) is 19.0 Å². The fourth-order valence-corrected chi connectivity index (χ4v) is 2.69. The summed E-state index contributed by atoms with van der Waals surface area (Å²) in [6.07, 6.45) is 0.865. The molecule has 1 aliphatic rings. The molecule has 0 saturated heterocycles. The fourth-order valence-electron chi connectivity index (χ4n) is 2.69. The van der Waals surface area contributed by atoms with Crippen LogP contribution in [-0.4, -0.2) is 26.4 Å². The summed E-state index contributed by atoms with van der Waals surface area (Å²) in [6, 6.07) is 14.2. The van der Waals surface area contributed by atoms with E-state index in [0.29, 0.717) is 26.4 Å². The predicted octanol–water partition coefficient (Wildman–Crippen LogP) is 3.28. The van der Waals surface area contributed by atoms with Gasteiger partial charge in [0.2, 0.25) is 0 Å². The van der Waals surface area contributed by atoms with Crippen molar-refractivity contribution in [2.24, 2.45) is 5.73 Å². The van der Waals surface area contributed by atoms with Crippen LogP contribution in [0.4, 0.5) is 0 Å². The first-order chi connectivity index (χ1) is 11.3. The third-order valence-corrected chi connectivity index (χ3v) is 4.08. The molecule has 0 aliphatic carbocycles. The molecule has 1 unspecified atom stereocenters. The van der Waals surface area contributed by atoms with Gasteiger partial charge in [0.25, 0.3) is 0 Å². The highest BCUT2D eigenvalue weighted by atomic mass is 16.6. The van der Waals surface area contributed by atoms with Gasteiger partial charge in [-0.25, -0.2) is 0 Å². The molecule has 1 atom stereocenters. The van der Waals surface area contributed by atoms with Gasteiger partial charge in [0.15, 0.2) is 11.5 Å². The summed E-state index contributed by atoms with van der Waals surface area (Å²) in [5.74, 6) is 2.77. The van der Waals surface area contributed by atoms with Gasteiger partial charge in [-0.2, -0.15) is 0 Å². The SMILES string of the molecule is Cc1ccc(OCCC(CN)c2ccc3c(c2)OCCO3)cc1. The highest BCUT2D eigenvalue weighted by molar-refractivity contribution is 5.44. The molecule has 122 valence electrons. The molecule has 0 bridgehead atoms. The lowest BCUT2D eigenvalue weighted by Gasteiger charge is -2.21. The molecule has 0 amide bonds. The van der Waals surface area contributed by atoms with E-state index in [0.717, 1.165) is 23.7 Å². The summed E-state index contributed by atoms with van der Waals surface area (Å²) in [4.78, 5) is 0. The number of aryl methyl sites for hydroxylation is 1. The molecule has 1 aliphatic heterocycles. The zero-order chi connectivity index (χ0) is 16.1. The van der Waals surface area contributed by atoms with Crippen molar-refractivity contribution >= 4 is 0 Å². The van der Waals surface area contributed by atoms with Gasteiger partial charge in [-0.15, -0.1) is 0 Å². The molecular formula is C19H23NO3. The van der Waals surface area contributed by atoms with E-state index in [1.165, 1.54) is 11.1 Å². The van der Waals surface area contributed by atoms with Crippen molar-refractivity contribution in [3.8, 4) is 17.2 Å². The fraction of sp³-hybridized carbons (Fsp3) is 0.368. The maximum Gasteiger partial charge on any atom is 0.161 e. The van der Waals surface area contributed by atoms with E-state index in [1.807, 2.05) is 24.3 Å². The minimum atomic E-state index is 0.247. The Morgan fingerprint density at radius 1 is 1.04 bits per heavy atom. The van der Waals surface area contributed by atoms with Crippen molar-refractivity contribution in [1.29, 1.82) is 0 Å². The van der Waals surface area contributed by atoms with Crippen LogP contribution in [0.25, 0.3) is 0 Å². The van der Waals surface area contributed by atoms with Gasteiger partial charge < -0.3 is 19.9 Å². The summed E-state index contributed by atoms with van der Waals surface area (Å²) in [6.45, 7) is 4.49. The van der Waals surface area contributed by atoms with Crippen LogP contribution in [0.15, 0.2) is 42.5 Å². The van der Waals surface area contributed by atoms with Gasteiger partial charge in [0, 0.05) is 0 Å². The second kappa shape index (κ2) is 7.38. The Bertz CT molecular complexity index is 640. The van der Waals surface area contributed by atoms with Crippen molar-refractivity contribution < 1.29 is 14.2 Å². The average Bonchev–Trinajstić information content (AvgIpc) is 2.60. The van der Waals surface area contributed by atoms with Crippen LogP contribution in [0, 0.1) is 6.92 Å². The second-order valence-electron chi connectivity index (χ2n) is 5.79. The topological polar surface area (TPSA) is 53.7 Å². The monoisotopic (exact) mass is 313 g/mol. The first-order valence-corrected chi connectivity index (χ1v) is 8.05. The molecular weight excluding hydrogens is 290 g/mol. The summed E-state index contributed by atoms with van der Waals surface area (Å²) in [7, 11) is 0. The maximum absolute atomic E-state index is 5.95. The number of ether oxygens (including phenoxy) is 3. The third kappa shape index (κ3) is 3.96.